The lowest BCUT2D eigenvalue weighted by Crippen LogP contribution is -2.51. The molecule has 0 radical (unpaired) electrons. The van der Waals surface area contributed by atoms with Crippen molar-refractivity contribution < 1.29 is 23.0 Å². The first kappa shape index (κ1) is 20.5. The summed E-state index contributed by atoms with van der Waals surface area (Å²) >= 11 is 1.19. The number of hydrogen-bond acceptors (Lipinski definition) is 9. The molecule has 0 spiro atoms. The molecule has 11 heteroatoms. The lowest BCUT2D eigenvalue weighted by Gasteiger charge is -2.31. The number of aliphatic hydroxyl groups is 1. The van der Waals surface area contributed by atoms with Crippen molar-refractivity contribution in [1.29, 1.82) is 0 Å². The second kappa shape index (κ2) is 7.07. The standard InChI is InChI=1S/C20H23F2N5O3S/c1-10-23-17(31-26-10)13-6-7-14(30-20(21,22)19(2,3)28)15-16(13)29-18(25-15)27-8-11-4-5-12(9-27)24-11/h6-7,11-12,24,28H,4-5,8-9H2,1-3H3. The van der Waals surface area contributed by atoms with Crippen LogP contribution in [-0.2, 0) is 0 Å². The van der Waals surface area contributed by atoms with Crippen molar-refractivity contribution >= 4 is 28.6 Å². The molecule has 0 amide bonds. The summed E-state index contributed by atoms with van der Waals surface area (Å²) < 4.78 is 44.2. The molecule has 3 aromatic rings. The van der Waals surface area contributed by atoms with Gasteiger partial charge in [-0.3, -0.25) is 0 Å². The second-order valence-corrected chi connectivity index (χ2v) is 9.40. The van der Waals surface area contributed by atoms with E-state index in [1.807, 2.05) is 4.90 Å². The number of aromatic nitrogens is 3. The van der Waals surface area contributed by atoms with Gasteiger partial charge in [-0.25, -0.2) is 4.98 Å². The van der Waals surface area contributed by atoms with Crippen LogP contribution >= 0.6 is 11.5 Å². The third-order valence-electron chi connectivity index (χ3n) is 5.69. The smallest absolute Gasteiger partial charge is 0.426 e. The molecule has 2 atom stereocenters. The molecule has 0 saturated carbocycles. The van der Waals surface area contributed by atoms with E-state index in [2.05, 4.69) is 19.7 Å². The maximum Gasteiger partial charge on any atom is 0.426 e. The minimum absolute atomic E-state index is 0.162. The summed E-state index contributed by atoms with van der Waals surface area (Å²) in [7, 11) is 0. The normalized spacial score (nSPS) is 21.8. The largest absolute Gasteiger partial charge is 0.428 e. The molecule has 2 bridgehead atoms. The molecular formula is C20H23F2N5O3S. The summed E-state index contributed by atoms with van der Waals surface area (Å²) in [5, 5.41) is 14.0. The van der Waals surface area contributed by atoms with E-state index >= 15 is 0 Å². The van der Waals surface area contributed by atoms with Crippen molar-refractivity contribution in [2.45, 2.75) is 57.4 Å². The van der Waals surface area contributed by atoms with Crippen LogP contribution in [-0.4, -0.2) is 56.3 Å². The number of hydrogen-bond donors (Lipinski definition) is 2. The van der Waals surface area contributed by atoms with Crippen molar-refractivity contribution in [3.63, 3.8) is 0 Å². The molecule has 2 aliphatic heterocycles. The highest BCUT2D eigenvalue weighted by Gasteiger charge is 2.49. The number of piperazine rings is 1. The van der Waals surface area contributed by atoms with Crippen LogP contribution < -0.4 is 15.0 Å². The maximum absolute atomic E-state index is 14.5. The number of ether oxygens (including phenoxy) is 1. The van der Waals surface area contributed by atoms with Gasteiger partial charge in [-0.2, -0.15) is 18.1 Å². The van der Waals surface area contributed by atoms with Gasteiger partial charge in [0.2, 0.25) is 0 Å². The fourth-order valence-electron chi connectivity index (χ4n) is 3.98. The summed E-state index contributed by atoms with van der Waals surface area (Å²) in [5.41, 5.74) is -1.30. The van der Waals surface area contributed by atoms with Gasteiger partial charge in [0.25, 0.3) is 6.01 Å². The van der Waals surface area contributed by atoms with E-state index in [4.69, 9.17) is 9.15 Å². The predicted molar refractivity (Wildman–Crippen MR) is 112 cm³/mol. The first-order chi connectivity index (χ1) is 14.6. The van der Waals surface area contributed by atoms with Crippen LogP contribution in [0.15, 0.2) is 16.5 Å². The van der Waals surface area contributed by atoms with Crippen LogP contribution in [0.4, 0.5) is 14.8 Å². The average Bonchev–Trinajstić information content (AvgIpc) is 3.40. The molecule has 4 heterocycles. The number of nitrogens with zero attached hydrogens (tertiary/aromatic N) is 4. The van der Waals surface area contributed by atoms with Crippen molar-refractivity contribution in [2.24, 2.45) is 0 Å². The maximum atomic E-state index is 14.5. The first-order valence-electron chi connectivity index (χ1n) is 10.1. The van der Waals surface area contributed by atoms with Gasteiger partial charge in [0.05, 0.1) is 5.56 Å². The van der Waals surface area contributed by atoms with Gasteiger partial charge in [0.15, 0.2) is 22.5 Å². The quantitative estimate of drug-likeness (QED) is 0.610. The molecule has 0 aliphatic carbocycles. The Labute approximate surface area is 181 Å². The van der Waals surface area contributed by atoms with E-state index in [0.29, 0.717) is 40.1 Å². The Morgan fingerprint density at radius 3 is 2.55 bits per heavy atom. The van der Waals surface area contributed by atoms with Crippen LogP contribution in [0.2, 0.25) is 0 Å². The number of rotatable bonds is 5. The van der Waals surface area contributed by atoms with Gasteiger partial charge in [0.1, 0.15) is 10.8 Å². The third kappa shape index (κ3) is 3.64. The Balaban J connectivity index is 1.60. The van der Waals surface area contributed by atoms with E-state index in [1.165, 1.54) is 17.6 Å². The summed E-state index contributed by atoms with van der Waals surface area (Å²) in [6.45, 7) is 5.22. The van der Waals surface area contributed by atoms with E-state index in [9.17, 15) is 13.9 Å². The number of halogens is 2. The molecule has 2 fully saturated rings. The summed E-state index contributed by atoms with van der Waals surface area (Å²) in [6, 6.07) is 4.08. The molecule has 8 nitrogen and oxygen atoms in total. The predicted octanol–water partition coefficient (Wildman–Crippen LogP) is 3.34. The lowest BCUT2D eigenvalue weighted by atomic mass is 10.1. The van der Waals surface area contributed by atoms with E-state index in [1.54, 1.807) is 13.0 Å². The zero-order chi connectivity index (χ0) is 22.0. The highest BCUT2D eigenvalue weighted by Crippen LogP contribution is 2.41. The Bertz CT molecular complexity index is 1110. The van der Waals surface area contributed by atoms with E-state index in [0.717, 1.165) is 39.8 Å². The molecule has 5 rings (SSSR count). The lowest BCUT2D eigenvalue weighted by molar-refractivity contribution is -0.275. The Hall–Kier alpha value is -2.37. The molecule has 2 aromatic heterocycles. The van der Waals surface area contributed by atoms with Crippen LogP contribution in [0.5, 0.6) is 5.75 Å². The molecule has 2 saturated heterocycles. The van der Waals surface area contributed by atoms with Gasteiger partial charge >= 0.3 is 6.11 Å². The number of fused-ring (bicyclic) bond motifs is 3. The minimum Gasteiger partial charge on any atom is -0.428 e. The minimum atomic E-state index is -3.83. The Morgan fingerprint density at radius 2 is 1.94 bits per heavy atom. The monoisotopic (exact) mass is 451 g/mol. The highest BCUT2D eigenvalue weighted by atomic mass is 32.1. The molecular weight excluding hydrogens is 428 g/mol. The van der Waals surface area contributed by atoms with Gasteiger partial charge in [-0.15, -0.1) is 0 Å². The number of anilines is 1. The number of nitrogens with one attached hydrogen (secondary N) is 1. The molecule has 31 heavy (non-hydrogen) atoms. The third-order valence-corrected chi connectivity index (χ3v) is 6.53. The fraction of sp³-hybridized carbons (Fsp3) is 0.550. The van der Waals surface area contributed by atoms with Crippen LogP contribution in [0.25, 0.3) is 21.7 Å². The van der Waals surface area contributed by atoms with Crippen LogP contribution in [0, 0.1) is 6.92 Å². The Kier molecular flexibility index (Phi) is 4.68. The average molecular weight is 451 g/mol. The van der Waals surface area contributed by atoms with Crippen molar-refractivity contribution in [3.05, 3.63) is 18.0 Å². The number of benzene rings is 1. The van der Waals surface area contributed by atoms with Crippen LogP contribution in [0.3, 0.4) is 0 Å². The molecule has 2 aliphatic rings. The molecule has 166 valence electrons. The van der Waals surface area contributed by atoms with E-state index in [-0.39, 0.29) is 11.3 Å². The molecule has 2 unspecified atom stereocenters. The van der Waals surface area contributed by atoms with Crippen molar-refractivity contribution in [1.82, 2.24) is 19.7 Å². The van der Waals surface area contributed by atoms with Crippen LogP contribution in [0.1, 0.15) is 32.5 Å². The topological polar surface area (TPSA) is 96.5 Å². The van der Waals surface area contributed by atoms with Crippen molar-refractivity contribution in [3.8, 4) is 16.3 Å². The zero-order valence-electron chi connectivity index (χ0n) is 17.4. The first-order valence-corrected chi connectivity index (χ1v) is 10.9. The van der Waals surface area contributed by atoms with Gasteiger partial charge in [-0.1, -0.05) is 0 Å². The number of alkyl halides is 2. The van der Waals surface area contributed by atoms with Gasteiger partial charge in [0, 0.05) is 25.2 Å². The summed E-state index contributed by atoms with van der Waals surface area (Å²) in [4.78, 5) is 11.0. The fourth-order valence-corrected chi connectivity index (χ4v) is 4.67. The zero-order valence-corrected chi connectivity index (χ0v) is 18.2. The SMILES string of the molecule is Cc1nsc(-c2ccc(OC(F)(F)C(C)(C)O)c3nc(N4CC5CCC(C4)N5)oc23)n1. The second-order valence-electron chi connectivity index (χ2n) is 8.65. The van der Waals surface area contributed by atoms with Gasteiger partial charge in [-0.05, 0) is 57.3 Å². The van der Waals surface area contributed by atoms with Gasteiger partial charge < -0.3 is 24.5 Å². The van der Waals surface area contributed by atoms with E-state index < -0.39 is 11.7 Å². The van der Waals surface area contributed by atoms with Crippen molar-refractivity contribution in [2.75, 3.05) is 18.0 Å². The number of oxazole rings is 1. The summed E-state index contributed by atoms with van der Waals surface area (Å²) in [5.74, 6) is 0.445. The Morgan fingerprint density at radius 1 is 1.23 bits per heavy atom. The number of aryl methyl sites for hydroxylation is 1. The summed E-state index contributed by atoms with van der Waals surface area (Å²) in [6.07, 6.45) is -1.65. The highest BCUT2D eigenvalue weighted by molar-refractivity contribution is 7.09. The molecule has 1 aromatic carbocycles. The molecule has 2 N–H and O–H groups in total.